The molecule has 1 amide bonds. The number of hydrogen-bond donors (Lipinski definition) is 1. The van der Waals surface area contributed by atoms with Crippen LogP contribution in [0.1, 0.15) is 43.0 Å². The maximum atomic E-state index is 14.2. The van der Waals surface area contributed by atoms with Crippen LogP contribution in [0.3, 0.4) is 0 Å². The number of β-amino-alcohol motifs (C(OH)–C–C–N with tert-alkyl or cyclic N) is 1. The summed E-state index contributed by atoms with van der Waals surface area (Å²) in [6, 6.07) is 6.48. The van der Waals surface area contributed by atoms with Gasteiger partial charge in [0.1, 0.15) is 5.82 Å². The van der Waals surface area contributed by atoms with Gasteiger partial charge in [-0.05, 0) is 38.7 Å². The third-order valence-corrected chi connectivity index (χ3v) is 5.44. The van der Waals surface area contributed by atoms with Crippen molar-refractivity contribution in [2.45, 2.75) is 50.0 Å². The summed E-state index contributed by atoms with van der Waals surface area (Å²) >= 11 is 0. The molecule has 1 saturated heterocycles. The molecule has 2 fully saturated rings. The molecular weight excluding hydrogens is 337 g/mol. The van der Waals surface area contributed by atoms with E-state index in [4.69, 9.17) is 4.52 Å². The molecule has 7 heteroatoms. The second-order valence-electron chi connectivity index (χ2n) is 7.53. The monoisotopic (exact) mass is 359 g/mol. The predicted octanol–water partition coefficient (Wildman–Crippen LogP) is 2.14. The van der Waals surface area contributed by atoms with Crippen LogP contribution in [0.25, 0.3) is 0 Å². The highest BCUT2D eigenvalue weighted by atomic mass is 19.1. The number of halogens is 1. The summed E-state index contributed by atoms with van der Waals surface area (Å²) in [4.78, 5) is 19.0. The number of rotatable bonds is 4. The van der Waals surface area contributed by atoms with Crippen LogP contribution in [-0.4, -0.2) is 44.7 Å². The van der Waals surface area contributed by atoms with E-state index in [9.17, 15) is 14.3 Å². The fourth-order valence-electron chi connectivity index (χ4n) is 4.00. The molecule has 1 N–H and O–H groups in total. The lowest BCUT2D eigenvalue weighted by Gasteiger charge is -2.40. The van der Waals surface area contributed by atoms with E-state index in [1.165, 1.54) is 6.07 Å². The van der Waals surface area contributed by atoms with E-state index in [-0.39, 0.29) is 24.7 Å². The minimum absolute atomic E-state index is 0.0950. The van der Waals surface area contributed by atoms with Crippen LogP contribution < -0.4 is 0 Å². The van der Waals surface area contributed by atoms with Crippen LogP contribution in [0.2, 0.25) is 0 Å². The third kappa shape index (κ3) is 3.00. The van der Waals surface area contributed by atoms with E-state index < -0.39 is 11.0 Å². The van der Waals surface area contributed by atoms with Crippen molar-refractivity contribution in [3.63, 3.8) is 0 Å². The molecule has 26 heavy (non-hydrogen) atoms. The first-order chi connectivity index (χ1) is 12.4. The van der Waals surface area contributed by atoms with Crippen LogP contribution in [0.15, 0.2) is 28.8 Å². The van der Waals surface area contributed by atoms with E-state index >= 15 is 0 Å². The Morgan fingerprint density at radius 2 is 2.12 bits per heavy atom. The molecule has 1 aliphatic carbocycles. The molecule has 0 radical (unpaired) electrons. The number of aliphatic hydroxyl groups is 1. The van der Waals surface area contributed by atoms with Gasteiger partial charge in [-0.25, -0.2) is 4.39 Å². The smallest absolute Gasteiger partial charge is 0.233 e. The van der Waals surface area contributed by atoms with Gasteiger partial charge in [0, 0.05) is 18.7 Å². The van der Waals surface area contributed by atoms with Crippen molar-refractivity contribution >= 4 is 5.91 Å². The van der Waals surface area contributed by atoms with Crippen molar-refractivity contribution in [1.82, 2.24) is 15.0 Å². The second-order valence-corrected chi connectivity index (χ2v) is 7.53. The first-order valence-electron chi connectivity index (χ1n) is 8.98. The SMILES string of the molecule is Cc1noc(CC2(O)CCCN(C(=O)C3(c4ccccc4F)CC3)C2)n1. The van der Waals surface area contributed by atoms with Crippen LogP contribution in [0.5, 0.6) is 0 Å². The summed E-state index contributed by atoms with van der Waals surface area (Å²) in [5.74, 6) is 0.452. The minimum Gasteiger partial charge on any atom is -0.388 e. The van der Waals surface area contributed by atoms with Crippen molar-refractivity contribution in [3.05, 3.63) is 47.4 Å². The quantitative estimate of drug-likeness (QED) is 0.905. The van der Waals surface area contributed by atoms with Gasteiger partial charge in [-0.3, -0.25) is 4.79 Å². The van der Waals surface area contributed by atoms with Gasteiger partial charge in [0.25, 0.3) is 0 Å². The van der Waals surface area contributed by atoms with Gasteiger partial charge in [0.15, 0.2) is 5.82 Å². The zero-order chi connectivity index (χ0) is 18.4. The summed E-state index contributed by atoms with van der Waals surface area (Å²) < 4.78 is 19.4. The van der Waals surface area contributed by atoms with Crippen molar-refractivity contribution in [2.24, 2.45) is 0 Å². The van der Waals surface area contributed by atoms with Crippen LogP contribution in [-0.2, 0) is 16.6 Å². The molecule has 1 aromatic heterocycles. The number of likely N-dealkylation sites (tertiary alicyclic amines) is 1. The van der Waals surface area contributed by atoms with Gasteiger partial charge in [0.05, 0.1) is 17.4 Å². The summed E-state index contributed by atoms with van der Waals surface area (Å²) in [6.07, 6.45) is 2.74. The average molecular weight is 359 g/mol. The Hall–Kier alpha value is -2.28. The average Bonchev–Trinajstić information content (AvgIpc) is 3.32. The molecule has 1 unspecified atom stereocenters. The van der Waals surface area contributed by atoms with Crippen molar-refractivity contribution in [1.29, 1.82) is 0 Å². The zero-order valence-corrected chi connectivity index (χ0v) is 14.7. The largest absolute Gasteiger partial charge is 0.388 e. The van der Waals surface area contributed by atoms with Crippen LogP contribution in [0, 0.1) is 12.7 Å². The van der Waals surface area contributed by atoms with E-state index in [1.807, 2.05) is 0 Å². The molecule has 1 saturated carbocycles. The minimum atomic E-state index is -1.10. The number of aryl methyl sites for hydroxylation is 1. The van der Waals surface area contributed by atoms with Crippen LogP contribution in [0.4, 0.5) is 4.39 Å². The number of nitrogens with zero attached hydrogens (tertiary/aromatic N) is 3. The highest BCUT2D eigenvalue weighted by molar-refractivity contribution is 5.91. The molecule has 2 heterocycles. The third-order valence-electron chi connectivity index (χ3n) is 5.44. The lowest BCUT2D eigenvalue weighted by molar-refractivity contribution is -0.141. The number of amides is 1. The number of carbonyl (C=O) groups excluding carboxylic acids is 1. The molecule has 2 aromatic rings. The van der Waals surface area contributed by atoms with E-state index in [1.54, 1.807) is 30.0 Å². The molecule has 0 bridgehead atoms. The fourth-order valence-corrected chi connectivity index (χ4v) is 4.00. The summed E-state index contributed by atoms with van der Waals surface area (Å²) in [5.41, 5.74) is -1.41. The molecule has 0 spiro atoms. The van der Waals surface area contributed by atoms with Crippen molar-refractivity contribution in [2.75, 3.05) is 13.1 Å². The lowest BCUT2D eigenvalue weighted by atomic mass is 9.87. The fraction of sp³-hybridized carbons (Fsp3) is 0.526. The number of carbonyl (C=O) groups is 1. The molecule has 1 aliphatic heterocycles. The van der Waals surface area contributed by atoms with E-state index in [0.29, 0.717) is 49.5 Å². The first kappa shape index (κ1) is 17.1. The Morgan fingerprint density at radius 3 is 2.77 bits per heavy atom. The summed E-state index contributed by atoms with van der Waals surface area (Å²) in [5, 5.41) is 14.7. The Labute approximate surface area is 151 Å². The standard InChI is InChI=1S/C19H22FN3O3/c1-13-21-16(26-22-13)11-18(25)7-4-10-23(12-18)17(24)19(8-9-19)14-5-2-3-6-15(14)20/h2-3,5-6,25H,4,7-12H2,1H3. The van der Waals surface area contributed by atoms with Gasteiger partial charge in [-0.2, -0.15) is 4.98 Å². The van der Waals surface area contributed by atoms with Gasteiger partial charge >= 0.3 is 0 Å². The molecule has 4 rings (SSSR count). The lowest BCUT2D eigenvalue weighted by Crippen LogP contribution is -2.54. The molecule has 1 atom stereocenters. The van der Waals surface area contributed by atoms with Gasteiger partial charge in [-0.15, -0.1) is 0 Å². The van der Waals surface area contributed by atoms with Gasteiger partial charge in [-0.1, -0.05) is 23.4 Å². The maximum absolute atomic E-state index is 14.2. The second kappa shape index (κ2) is 6.16. The predicted molar refractivity (Wildman–Crippen MR) is 90.8 cm³/mol. The highest BCUT2D eigenvalue weighted by Gasteiger charge is 2.55. The summed E-state index contributed by atoms with van der Waals surface area (Å²) in [7, 11) is 0. The number of hydrogen-bond acceptors (Lipinski definition) is 5. The highest BCUT2D eigenvalue weighted by Crippen LogP contribution is 2.51. The normalized spacial score (nSPS) is 24.5. The molecule has 2 aliphatic rings. The van der Waals surface area contributed by atoms with E-state index in [0.717, 1.165) is 0 Å². The number of benzene rings is 1. The molecule has 1 aromatic carbocycles. The maximum Gasteiger partial charge on any atom is 0.233 e. The Morgan fingerprint density at radius 1 is 1.35 bits per heavy atom. The van der Waals surface area contributed by atoms with Crippen molar-refractivity contribution in [3.8, 4) is 0 Å². The number of piperidine rings is 1. The number of aromatic nitrogens is 2. The van der Waals surface area contributed by atoms with E-state index in [2.05, 4.69) is 10.1 Å². The molecular formula is C19H22FN3O3. The zero-order valence-electron chi connectivity index (χ0n) is 14.7. The topological polar surface area (TPSA) is 79.5 Å². The Kier molecular flexibility index (Phi) is 4.06. The first-order valence-corrected chi connectivity index (χ1v) is 8.98. The Balaban J connectivity index is 1.52. The van der Waals surface area contributed by atoms with Crippen molar-refractivity contribution < 1.29 is 18.8 Å². The summed E-state index contributed by atoms with van der Waals surface area (Å²) in [6.45, 7) is 2.49. The van der Waals surface area contributed by atoms with Gasteiger partial charge in [0.2, 0.25) is 11.8 Å². The molecule has 138 valence electrons. The van der Waals surface area contributed by atoms with Gasteiger partial charge < -0.3 is 14.5 Å². The molecule has 6 nitrogen and oxygen atoms in total. The van der Waals surface area contributed by atoms with Crippen LogP contribution >= 0.6 is 0 Å². The Bertz CT molecular complexity index is 833.